The normalized spacial score (nSPS) is 9.76. The Morgan fingerprint density at radius 2 is 1.60 bits per heavy atom. The third-order valence-corrected chi connectivity index (χ3v) is 3.43. The van der Waals surface area contributed by atoms with Crippen LogP contribution < -0.4 is 15.4 Å². The summed E-state index contributed by atoms with van der Waals surface area (Å²) < 4.78 is 5.58. The van der Waals surface area contributed by atoms with Crippen LogP contribution in [0.25, 0.3) is 0 Å². The maximum absolute atomic E-state index is 12.1. The van der Waals surface area contributed by atoms with E-state index in [0.29, 0.717) is 17.1 Å². The molecule has 0 aliphatic rings. The van der Waals surface area contributed by atoms with Crippen molar-refractivity contribution in [2.24, 2.45) is 0 Å². The lowest BCUT2D eigenvalue weighted by Crippen LogP contribution is -2.22. The third-order valence-electron chi connectivity index (χ3n) is 3.43. The van der Waals surface area contributed by atoms with Gasteiger partial charge in [0.15, 0.2) is 6.61 Å². The molecule has 6 nitrogen and oxygen atoms in total. The van der Waals surface area contributed by atoms with Crippen molar-refractivity contribution < 1.29 is 14.3 Å². The van der Waals surface area contributed by atoms with E-state index >= 15 is 0 Å². The molecule has 0 saturated carbocycles. The van der Waals surface area contributed by atoms with Crippen molar-refractivity contribution >= 4 is 23.2 Å². The fourth-order valence-electron chi connectivity index (χ4n) is 2.23. The highest BCUT2D eigenvalue weighted by molar-refractivity contribution is 6.00. The van der Waals surface area contributed by atoms with Crippen LogP contribution in [0.15, 0.2) is 48.5 Å². The van der Waals surface area contributed by atoms with Crippen LogP contribution in [0.4, 0.5) is 11.4 Å². The number of hydrogen-bond donors (Lipinski definition) is 2. The number of aryl methyl sites for hydroxylation is 1. The van der Waals surface area contributed by atoms with Crippen LogP contribution in [0.1, 0.15) is 18.9 Å². The van der Waals surface area contributed by atoms with Crippen molar-refractivity contribution in [2.75, 3.05) is 17.2 Å². The maximum atomic E-state index is 12.1. The molecule has 2 rings (SSSR count). The van der Waals surface area contributed by atoms with Crippen LogP contribution in [0, 0.1) is 11.3 Å². The second kappa shape index (κ2) is 9.08. The molecule has 0 atom stereocenters. The lowest BCUT2D eigenvalue weighted by Gasteiger charge is -2.13. The Balaban J connectivity index is 1.99. The fraction of sp³-hybridized carbons (Fsp3) is 0.211. The fourth-order valence-corrected chi connectivity index (χ4v) is 2.23. The van der Waals surface area contributed by atoms with Crippen LogP contribution in [0.2, 0.25) is 0 Å². The van der Waals surface area contributed by atoms with Crippen molar-refractivity contribution in [3.63, 3.8) is 0 Å². The number of rotatable bonds is 7. The molecule has 0 saturated heterocycles. The Kier molecular flexibility index (Phi) is 6.55. The predicted molar refractivity (Wildman–Crippen MR) is 95.2 cm³/mol. The summed E-state index contributed by atoms with van der Waals surface area (Å²) in [5.74, 6) is -0.0963. The van der Waals surface area contributed by atoms with Crippen LogP contribution in [-0.4, -0.2) is 18.4 Å². The highest BCUT2D eigenvalue weighted by Gasteiger charge is 2.10. The van der Waals surface area contributed by atoms with Gasteiger partial charge in [-0.2, -0.15) is 5.26 Å². The van der Waals surface area contributed by atoms with E-state index in [1.807, 2.05) is 31.2 Å². The van der Waals surface area contributed by atoms with Gasteiger partial charge in [0, 0.05) is 0 Å². The first-order valence-electron chi connectivity index (χ1n) is 7.90. The Morgan fingerprint density at radius 1 is 1.00 bits per heavy atom. The number of anilines is 2. The average molecular weight is 337 g/mol. The number of carbonyl (C=O) groups excluding carboxylic acids is 2. The summed E-state index contributed by atoms with van der Waals surface area (Å²) in [5.41, 5.74) is 1.91. The van der Waals surface area contributed by atoms with E-state index in [0.717, 1.165) is 12.0 Å². The number of hydrogen-bond acceptors (Lipinski definition) is 4. The summed E-state index contributed by atoms with van der Waals surface area (Å²) in [7, 11) is 0. The van der Waals surface area contributed by atoms with Gasteiger partial charge in [-0.05, 0) is 30.2 Å². The summed E-state index contributed by atoms with van der Waals surface area (Å²) in [6.07, 6.45) is 0.560. The lowest BCUT2D eigenvalue weighted by atomic mass is 10.1. The Morgan fingerprint density at radius 3 is 2.24 bits per heavy atom. The Bertz CT molecular complexity index is 796. The van der Waals surface area contributed by atoms with Crippen LogP contribution in [0.3, 0.4) is 0 Å². The lowest BCUT2D eigenvalue weighted by molar-refractivity contribution is -0.118. The minimum atomic E-state index is -0.433. The maximum Gasteiger partial charge on any atom is 0.262 e. The molecular formula is C19H19N3O3. The number of nitriles is 1. The molecule has 0 bridgehead atoms. The third kappa shape index (κ3) is 5.36. The van der Waals surface area contributed by atoms with Crippen molar-refractivity contribution in [3.05, 3.63) is 54.1 Å². The molecule has 2 amide bonds. The van der Waals surface area contributed by atoms with E-state index in [1.54, 1.807) is 30.3 Å². The SMILES string of the molecule is CCc1ccccc1OCC(=O)Nc1ccccc1NC(=O)CC#N. The zero-order chi connectivity index (χ0) is 18.1. The molecule has 2 aromatic carbocycles. The van der Waals surface area contributed by atoms with Gasteiger partial charge in [0.25, 0.3) is 5.91 Å². The quantitative estimate of drug-likeness (QED) is 0.812. The number of benzene rings is 2. The number of ether oxygens (including phenoxy) is 1. The van der Waals surface area contributed by atoms with Gasteiger partial charge in [-0.3, -0.25) is 9.59 Å². The molecule has 2 aromatic rings. The van der Waals surface area contributed by atoms with Gasteiger partial charge in [-0.15, -0.1) is 0 Å². The molecule has 0 radical (unpaired) electrons. The zero-order valence-electron chi connectivity index (χ0n) is 13.9. The van der Waals surface area contributed by atoms with E-state index in [9.17, 15) is 9.59 Å². The molecule has 0 aliphatic carbocycles. The molecule has 0 aromatic heterocycles. The van der Waals surface area contributed by atoms with Crippen molar-refractivity contribution in [1.29, 1.82) is 5.26 Å². The highest BCUT2D eigenvalue weighted by Crippen LogP contribution is 2.22. The minimum absolute atomic E-state index is 0.141. The van der Waals surface area contributed by atoms with Crippen LogP contribution >= 0.6 is 0 Å². The zero-order valence-corrected chi connectivity index (χ0v) is 13.9. The average Bonchev–Trinajstić information content (AvgIpc) is 2.62. The van der Waals surface area contributed by atoms with Crippen LogP contribution in [0.5, 0.6) is 5.75 Å². The van der Waals surface area contributed by atoms with Gasteiger partial charge in [0.05, 0.1) is 17.4 Å². The van der Waals surface area contributed by atoms with Crippen molar-refractivity contribution in [3.8, 4) is 11.8 Å². The topological polar surface area (TPSA) is 91.2 Å². The van der Waals surface area contributed by atoms with Gasteiger partial charge in [0.2, 0.25) is 5.91 Å². The number of nitrogens with zero attached hydrogens (tertiary/aromatic N) is 1. The molecule has 0 heterocycles. The first-order valence-corrected chi connectivity index (χ1v) is 7.90. The monoisotopic (exact) mass is 337 g/mol. The van der Waals surface area contributed by atoms with E-state index in [1.165, 1.54) is 0 Å². The Hall–Kier alpha value is -3.33. The van der Waals surface area contributed by atoms with Gasteiger partial charge >= 0.3 is 0 Å². The summed E-state index contributed by atoms with van der Waals surface area (Å²) >= 11 is 0. The van der Waals surface area contributed by atoms with Gasteiger partial charge in [-0.1, -0.05) is 37.3 Å². The first-order chi connectivity index (χ1) is 12.1. The summed E-state index contributed by atoms with van der Waals surface area (Å²) in [5, 5.41) is 13.8. The van der Waals surface area contributed by atoms with Gasteiger partial charge < -0.3 is 15.4 Å². The molecule has 0 spiro atoms. The molecule has 2 N–H and O–H groups in total. The molecule has 25 heavy (non-hydrogen) atoms. The van der Waals surface area contributed by atoms with Crippen molar-refractivity contribution in [2.45, 2.75) is 19.8 Å². The molecule has 0 fully saturated rings. The largest absolute Gasteiger partial charge is 0.483 e. The standard InChI is InChI=1S/C19H19N3O3/c1-2-14-7-3-6-10-17(14)25-13-19(24)22-16-9-5-4-8-15(16)21-18(23)11-12-20/h3-10H,2,11,13H2,1H3,(H,21,23)(H,22,24). The van der Waals surface area contributed by atoms with Crippen molar-refractivity contribution in [1.82, 2.24) is 0 Å². The highest BCUT2D eigenvalue weighted by atomic mass is 16.5. The summed E-state index contributed by atoms with van der Waals surface area (Å²) in [6, 6.07) is 16.1. The second-order valence-corrected chi connectivity index (χ2v) is 5.23. The summed E-state index contributed by atoms with van der Waals surface area (Å²) in [6.45, 7) is 1.87. The van der Waals surface area contributed by atoms with Crippen LogP contribution in [-0.2, 0) is 16.0 Å². The van der Waals surface area contributed by atoms with E-state index in [4.69, 9.17) is 10.00 Å². The number of amides is 2. The smallest absolute Gasteiger partial charge is 0.262 e. The predicted octanol–water partition coefficient (Wildman–Crippen LogP) is 3.12. The van der Waals surface area contributed by atoms with Gasteiger partial charge in [0.1, 0.15) is 12.2 Å². The van der Waals surface area contributed by atoms with E-state index in [-0.39, 0.29) is 18.9 Å². The second-order valence-electron chi connectivity index (χ2n) is 5.23. The molecule has 0 unspecified atom stereocenters. The number of carbonyl (C=O) groups is 2. The molecular weight excluding hydrogens is 318 g/mol. The molecule has 128 valence electrons. The Labute approximate surface area is 146 Å². The van der Waals surface area contributed by atoms with Gasteiger partial charge in [-0.25, -0.2) is 0 Å². The molecule has 0 aliphatic heterocycles. The summed E-state index contributed by atoms with van der Waals surface area (Å²) in [4.78, 5) is 23.7. The van der Waals surface area contributed by atoms with E-state index < -0.39 is 5.91 Å². The van der Waals surface area contributed by atoms with E-state index in [2.05, 4.69) is 10.6 Å². The first kappa shape index (κ1) is 18.0. The minimum Gasteiger partial charge on any atom is -0.483 e. The number of nitrogens with one attached hydrogen (secondary N) is 2. The molecule has 6 heteroatoms. The number of para-hydroxylation sites is 3.